The summed E-state index contributed by atoms with van der Waals surface area (Å²) in [4.78, 5) is 26.4. The van der Waals surface area contributed by atoms with Crippen LogP contribution in [-0.2, 0) is 0 Å². The molecule has 2 N–H and O–H groups in total. The smallest absolute Gasteiger partial charge is 0.306 e. The number of fused-ring (bicyclic) bond motifs is 1. The molecule has 0 atom stereocenters. The van der Waals surface area contributed by atoms with Gasteiger partial charge in [0.25, 0.3) is 5.56 Å². The largest absolute Gasteiger partial charge is 0.326 e. The highest BCUT2D eigenvalue weighted by atomic mass is 35.5. The van der Waals surface area contributed by atoms with E-state index in [1.54, 1.807) is 6.07 Å². The van der Waals surface area contributed by atoms with E-state index >= 15 is 0 Å². The van der Waals surface area contributed by atoms with Crippen molar-refractivity contribution in [3.05, 3.63) is 31.2 Å². The number of hydrogen-bond donors (Lipinski definition) is 2. The molecule has 0 fully saturated rings. The third-order valence-electron chi connectivity index (χ3n) is 1.38. The number of aromatic amines is 2. The summed E-state index contributed by atoms with van der Waals surface area (Å²) in [6.45, 7) is 0. The summed E-state index contributed by atoms with van der Waals surface area (Å²) in [5, 5.41) is 0. The van der Waals surface area contributed by atoms with Gasteiger partial charge in [-0.25, -0.2) is 4.79 Å². The molecule has 0 radical (unpaired) electrons. The van der Waals surface area contributed by atoms with E-state index in [4.69, 9.17) is 11.6 Å². The fourth-order valence-electron chi connectivity index (χ4n) is 0.936. The highest BCUT2D eigenvalue weighted by Crippen LogP contribution is 2.23. The van der Waals surface area contributed by atoms with Crippen molar-refractivity contribution in [2.24, 2.45) is 0 Å². The molecular formula is C6H3ClN2O2S. The molecule has 2 rings (SSSR count). The highest BCUT2D eigenvalue weighted by Gasteiger charge is 2.03. The minimum absolute atomic E-state index is 0.398. The van der Waals surface area contributed by atoms with Crippen molar-refractivity contribution in [3.63, 3.8) is 0 Å². The van der Waals surface area contributed by atoms with Crippen LogP contribution in [0.5, 0.6) is 0 Å². The van der Waals surface area contributed by atoms with Crippen LogP contribution < -0.4 is 11.2 Å². The zero-order valence-electron chi connectivity index (χ0n) is 5.68. The Morgan fingerprint density at radius 2 is 2.08 bits per heavy atom. The first-order chi connectivity index (χ1) is 5.66. The molecule has 62 valence electrons. The van der Waals surface area contributed by atoms with Crippen molar-refractivity contribution < 1.29 is 0 Å². The molecule has 0 aliphatic carbocycles. The van der Waals surface area contributed by atoms with Gasteiger partial charge in [-0.05, 0) is 6.07 Å². The van der Waals surface area contributed by atoms with Gasteiger partial charge in [-0.15, -0.1) is 11.3 Å². The minimum Gasteiger partial charge on any atom is -0.306 e. The summed E-state index contributed by atoms with van der Waals surface area (Å²) in [7, 11) is 0. The van der Waals surface area contributed by atoms with E-state index in [1.165, 1.54) is 0 Å². The van der Waals surface area contributed by atoms with Gasteiger partial charge in [0.15, 0.2) is 0 Å². The first-order valence-electron chi connectivity index (χ1n) is 3.08. The molecule has 6 heteroatoms. The van der Waals surface area contributed by atoms with Gasteiger partial charge >= 0.3 is 5.69 Å². The van der Waals surface area contributed by atoms with E-state index < -0.39 is 11.2 Å². The lowest BCUT2D eigenvalue weighted by Gasteiger charge is -1.84. The second-order valence-electron chi connectivity index (χ2n) is 2.20. The first kappa shape index (κ1) is 7.57. The van der Waals surface area contributed by atoms with Crippen molar-refractivity contribution in [1.82, 2.24) is 9.97 Å². The van der Waals surface area contributed by atoms with Gasteiger partial charge in [0, 0.05) is 0 Å². The standard InChI is InChI=1S/C6H3ClN2O2S/c7-3-1-2-4(12-3)5(10)9-6(11)8-2/h1H,(H2,8,9,10,11). The van der Waals surface area contributed by atoms with Crippen LogP contribution in [0.25, 0.3) is 10.2 Å². The average Bonchev–Trinajstić information content (AvgIpc) is 2.29. The Morgan fingerprint density at radius 3 is 2.83 bits per heavy atom. The predicted molar refractivity (Wildman–Crippen MR) is 48.1 cm³/mol. The summed E-state index contributed by atoms with van der Waals surface area (Å²) in [6, 6.07) is 1.55. The van der Waals surface area contributed by atoms with Gasteiger partial charge in [0.05, 0.1) is 9.85 Å². The van der Waals surface area contributed by atoms with Crippen LogP contribution in [0.15, 0.2) is 15.7 Å². The molecule has 0 aliphatic heterocycles. The van der Waals surface area contributed by atoms with Crippen LogP contribution in [0.4, 0.5) is 0 Å². The molecule has 0 amide bonds. The van der Waals surface area contributed by atoms with Crippen LogP contribution in [0.1, 0.15) is 0 Å². The first-order valence-corrected chi connectivity index (χ1v) is 4.28. The lowest BCUT2D eigenvalue weighted by Crippen LogP contribution is -2.20. The van der Waals surface area contributed by atoms with E-state index in [0.29, 0.717) is 14.6 Å². The van der Waals surface area contributed by atoms with E-state index in [-0.39, 0.29) is 0 Å². The van der Waals surface area contributed by atoms with Gasteiger partial charge < -0.3 is 4.98 Å². The second kappa shape index (κ2) is 2.46. The third-order valence-corrected chi connectivity index (χ3v) is 2.65. The molecule has 12 heavy (non-hydrogen) atoms. The normalized spacial score (nSPS) is 10.8. The van der Waals surface area contributed by atoms with Gasteiger partial charge in [0.2, 0.25) is 0 Å². The third kappa shape index (κ3) is 1.07. The summed E-state index contributed by atoms with van der Waals surface area (Å²) >= 11 is 6.79. The van der Waals surface area contributed by atoms with Crippen molar-refractivity contribution in [1.29, 1.82) is 0 Å². The summed E-state index contributed by atoms with van der Waals surface area (Å²) in [5.74, 6) is 0. The molecule has 0 saturated carbocycles. The number of nitrogens with one attached hydrogen (secondary N) is 2. The van der Waals surface area contributed by atoms with Crippen LogP contribution >= 0.6 is 22.9 Å². The van der Waals surface area contributed by atoms with E-state index in [0.717, 1.165) is 11.3 Å². The molecule has 0 spiro atoms. The van der Waals surface area contributed by atoms with Crippen LogP contribution in [-0.4, -0.2) is 9.97 Å². The Hall–Kier alpha value is -1.07. The lowest BCUT2D eigenvalue weighted by atomic mass is 10.5. The molecule has 2 aromatic rings. The van der Waals surface area contributed by atoms with E-state index in [2.05, 4.69) is 9.97 Å². The molecule has 0 bridgehead atoms. The molecule has 0 unspecified atom stereocenters. The number of H-pyrrole nitrogens is 2. The SMILES string of the molecule is O=c1[nH]c(=O)c2sc(Cl)cc2[nH]1. The molecule has 0 aliphatic rings. The fourth-order valence-corrected chi connectivity index (χ4v) is 2.01. The Bertz CT molecular complexity index is 538. The van der Waals surface area contributed by atoms with Crippen molar-refractivity contribution in [3.8, 4) is 0 Å². The topological polar surface area (TPSA) is 65.7 Å². The maximum atomic E-state index is 11.1. The van der Waals surface area contributed by atoms with E-state index in [9.17, 15) is 9.59 Å². The zero-order valence-corrected chi connectivity index (χ0v) is 7.25. The Morgan fingerprint density at radius 1 is 1.33 bits per heavy atom. The molecule has 2 heterocycles. The highest BCUT2D eigenvalue weighted by molar-refractivity contribution is 7.22. The summed E-state index contributed by atoms with van der Waals surface area (Å²) < 4.78 is 0.928. The maximum Gasteiger partial charge on any atom is 0.326 e. The molecular weight excluding hydrogens is 200 g/mol. The Labute approximate surface area is 74.8 Å². The lowest BCUT2D eigenvalue weighted by molar-refractivity contribution is 1.09. The minimum atomic E-state index is -0.512. The quantitative estimate of drug-likeness (QED) is 0.668. The van der Waals surface area contributed by atoms with Gasteiger partial charge in [-0.1, -0.05) is 11.6 Å². The predicted octanol–water partition coefficient (Wildman–Crippen LogP) is 0.931. The molecule has 2 aromatic heterocycles. The van der Waals surface area contributed by atoms with Crippen molar-refractivity contribution in [2.45, 2.75) is 0 Å². The van der Waals surface area contributed by atoms with Crippen LogP contribution in [0, 0.1) is 0 Å². The number of aromatic nitrogens is 2. The monoisotopic (exact) mass is 202 g/mol. The van der Waals surface area contributed by atoms with Crippen molar-refractivity contribution in [2.75, 3.05) is 0 Å². The zero-order chi connectivity index (χ0) is 8.72. The number of halogens is 1. The van der Waals surface area contributed by atoms with Crippen LogP contribution in [0.2, 0.25) is 4.34 Å². The number of rotatable bonds is 0. The Balaban J connectivity index is 3.08. The molecule has 0 saturated heterocycles. The molecule has 4 nitrogen and oxygen atoms in total. The number of thiophene rings is 1. The fraction of sp³-hybridized carbons (Fsp3) is 0. The number of hydrogen-bond acceptors (Lipinski definition) is 3. The Kier molecular flexibility index (Phi) is 1.55. The maximum absolute atomic E-state index is 11.1. The summed E-state index contributed by atoms with van der Waals surface area (Å²) in [6.07, 6.45) is 0. The van der Waals surface area contributed by atoms with Gasteiger partial charge in [-0.2, -0.15) is 0 Å². The van der Waals surface area contributed by atoms with Gasteiger partial charge in [0.1, 0.15) is 4.70 Å². The average molecular weight is 203 g/mol. The summed E-state index contributed by atoms with van der Waals surface area (Å²) in [5.41, 5.74) is -0.425. The van der Waals surface area contributed by atoms with Crippen LogP contribution in [0.3, 0.4) is 0 Å². The van der Waals surface area contributed by atoms with E-state index in [1.807, 2.05) is 0 Å². The molecule has 0 aromatic carbocycles. The van der Waals surface area contributed by atoms with Gasteiger partial charge in [-0.3, -0.25) is 9.78 Å². The second-order valence-corrected chi connectivity index (χ2v) is 3.89. The van der Waals surface area contributed by atoms with Crippen molar-refractivity contribution >= 4 is 33.2 Å².